The van der Waals surface area contributed by atoms with Crippen LogP contribution in [-0.4, -0.2) is 39.1 Å². The van der Waals surface area contributed by atoms with Crippen molar-refractivity contribution >= 4 is 21.4 Å². The molecule has 5 aliphatic rings. The van der Waals surface area contributed by atoms with Crippen LogP contribution in [0.3, 0.4) is 0 Å². The van der Waals surface area contributed by atoms with Crippen molar-refractivity contribution in [1.29, 1.82) is 0 Å². The van der Waals surface area contributed by atoms with Crippen LogP contribution in [0, 0.1) is 0 Å². The maximum atomic E-state index is 11.8. The van der Waals surface area contributed by atoms with Gasteiger partial charge in [-0.2, -0.15) is 8.42 Å². The fourth-order valence-corrected chi connectivity index (χ4v) is 8.10. The molecule has 1 N–H and O–H groups in total. The molecule has 0 bridgehead atoms. The number of anilines is 1. The Balaban J connectivity index is 1.49. The van der Waals surface area contributed by atoms with E-state index in [0.29, 0.717) is 0 Å². The Hall–Kier alpha value is -3.16. The molecule has 194 valence electrons. The van der Waals surface area contributed by atoms with E-state index in [2.05, 4.69) is 21.6 Å². The second-order valence-corrected chi connectivity index (χ2v) is 12.8. The van der Waals surface area contributed by atoms with Crippen molar-refractivity contribution in [1.82, 2.24) is 4.58 Å². The lowest BCUT2D eigenvalue weighted by molar-refractivity contribution is 0.431. The fourth-order valence-electron chi connectivity index (χ4n) is 7.62. The van der Waals surface area contributed by atoms with E-state index in [1.807, 2.05) is 12.1 Å². The van der Waals surface area contributed by atoms with Crippen molar-refractivity contribution in [3.63, 3.8) is 0 Å². The number of aryl methyl sites for hydroxylation is 2. The van der Waals surface area contributed by atoms with E-state index in [9.17, 15) is 13.0 Å². The molecular weight excluding hydrogens is 496 g/mol. The van der Waals surface area contributed by atoms with Gasteiger partial charge in [-0.15, -0.1) is 0 Å². The average molecular weight is 528 g/mol. The molecule has 6 nitrogen and oxygen atoms in total. The minimum Gasteiger partial charge on any atom is -0.455 e. The molecule has 0 fully saturated rings. The summed E-state index contributed by atoms with van der Waals surface area (Å²) in [5.41, 5.74) is 10.0. The van der Waals surface area contributed by atoms with Crippen LogP contribution in [-0.2, 0) is 35.8 Å². The van der Waals surface area contributed by atoms with Gasteiger partial charge in [0.15, 0.2) is 0 Å². The molecular formula is C31H31N2O4S+. The summed E-state index contributed by atoms with van der Waals surface area (Å²) in [6, 6.07) is 11.4. The molecule has 3 aromatic rings. The van der Waals surface area contributed by atoms with E-state index in [-0.39, 0.29) is 4.90 Å². The van der Waals surface area contributed by atoms with E-state index in [1.165, 1.54) is 45.4 Å². The highest BCUT2D eigenvalue weighted by atomic mass is 32.2. The molecule has 0 aliphatic carbocycles. The Morgan fingerprint density at radius 3 is 2.32 bits per heavy atom. The van der Waals surface area contributed by atoms with Crippen molar-refractivity contribution < 1.29 is 17.7 Å². The van der Waals surface area contributed by atoms with Gasteiger partial charge in [0.25, 0.3) is 10.1 Å². The molecule has 0 aromatic heterocycles. The Morgan fingerprint density at radius 1 is 0.816 bits per heavy atom. The standard InChI is InChI=1S/C31H30N2O4S/c34-38(35,36)22-11-9-19(10-12-22)27-25-17-20-5-1-13-32-15-3-7-23(28(20)32)30(25)37-31-24-8-4-16-33-14-2-6-21(29(24)33)18-26(27)31/h9-12,17-18H,1-8,13-16H2/p+1. The predicted octanol–water partition coefficient (Wildman–Crippen LogP) is 3.37. The largest absolute Gasteiger partial charge is 0.455 e. The van der Waals surface area contributed by atoms with E-state index in [4.69, 9.17) is 4.74 Å². The van der Waals surface area contributed by atoms with E-state index < -0.39 is 10.1 Å². The first-order valence-electron chi connectivity index (χ1n) is 14.0. The summed E-state index contributed by atoms with van der Waals surface area (Å²) >= 11 is 0. The molecule has 5 aliphatic heterocycles. The van der Waals surface area contributed by atoms with E-state index >= 15 is 0 Å². The molecule has 5 heterocycles. The number of ether oxygens (including phenoxy) is 1. The predicted molar refractivity (Wildman–Crippen MR) is 147 cm³/mol. The molecule has 0 radical (unpaired) electrons. The highest BCUT2D eigenvalue weighted by Gasteiger charge is 2.35. The van der Waals surface area contributed by atoms with Crippen LogP contribution in [0.4, 0.5) is 5.69 Å². The Labute approximate surface area is 222 Å². The zero-order chi connectivity index (χ0) is 25.6. The Kier molecular flexibility index (Phi) is 4.90. The van der Waals surface area contributed by atoms with Crippen LogP contribution in [0.1, 0.15) is 59.1 Å². The van der Waals surface area contributed by atoms with Crippen LogP contribution in [0.15, 0.2) is 41.3 Å². The van der Waals surface area contributed by atoms with Gasteiger partial charge in [-0.3, -0.25) is 4.55 Å². The van der Waals surface area contributed by atoms with Crippen molar-refractivity contribution in [3.8, 4) is 11.5 Å². The smallest absolute Gasteiger partial charge is 0.294 e. The summed E-state index contributed by atoms with van der Waals surface area (Å²) in [6.07, 6.45) is 8.74. The molecule has 0 unspecified atom stereocenters. The summed E-state index contributed by atoms with van der Waals surface area (Å²) in [4.78, 5) is 2.47. The molecule has 0 spiro atoms. The lowest BCUT2D eigenvalue weighted by atomic mass is 9.82. The monoisotopic (exact) mass is 527 g/mol. The topological polar surface area (TPSA) is 69.9 Å². The van der Waals surface area contributed by atoms with E-state index in [0.717, 1.165) is 111 Å². The van der Waals surface area contributed by atoms with Crippen molar-refractivity contribution in [2.24, 2.45) is 0 Å². The lowest BCUT2D eigenvalue weighted by Crippen LogP contribution is -2.45. The fraction of sp³-hybridized carbons (Fsp3) is 0.387. The Bertz CT molecular complexity index is 1770. The molecule has 0 atom stereocenters. The summed E-state index contributed by atoms with van der Waals surface area (Å²) in [7, 11) is -4.26. The van der Waals surface area contributed by atoms with Gasteiger partial charge in [0.1, 0.15) is 24.6 Å². The zero-order valence-corrected chi connectivity index (χ0v) is 22.2. The van der Waals surface area contributed by atoms with Crippen LogP contribution >= 0.6 is 0 Å². The average Bonchev–Trinajstić information content (AvgIpc) is 2.93. The number of benzene rings is 3. The Morgan fingerprint density at radius 2 is 1.53 bits per heavy atom. The molecule has 0 saturated heterocycles. The number of nitrogens with zero attached hydrogens (tertiary/aromatic N) is 2. The third-order valence-electron chi connectivity index (χ3n) is 9.13. The van der Waals surface area contributed by atoms with Crippen molar-refractivity contribution in [2.75, 3.05) is 31.1 Å². The summed E-state index contributed by atoms with van der Waals surface area (Å²) in [5, 5.41) is 2.50. The van der Waals surface area contributed by atoms with Gasteiger partial charge in [-0.05, 0) is 73.9 Å². The third kappa shape index (κ3) is 3.27. The first-order chi connectivity index (χ1) is 18.5. The highest BCUT2D eigenvalue weighted by molar-refractivity contribution is 7.85. The van der Waals surface area contributed by atoms with Crippen LogP contribution in [0.25, 0.3) is 5.57 Å². The van der Waals surface area contributed by atoms with Gasteiger partial charge in [0.05, 0.1) is 10.5 Å². The van der Waals surface area contributed by atoms with Gasteiger partial charge in [0.2, 0.25) is 5.36 Å². The van der Waals surface area contributed by atoms with Crippen LogP contribution in [0.2, 0.25) is 0 Å². The third-order valence-corrected chi connectivity index (χ3v) is 10.00. The number of hydrogen-bond acceptors (Lipinski definition) is 4. The van der Waals surface area contributed by atoms with E-state index in [1.54, 1.807) is 0 Å². The number of rotatable bonds is 2. The molecule has 0 amide bonds. The summed E-state index contributed by atoms with van der Waals surface area (Å²) in [6.45, 7) is 4.43. The first-order valence-corrected chi connectivity index (χ1v) is 15.4. The summed E-state index contributed by atoms with van der Waals surface area (Å²) in [5.74, 6) is 1.97. The second-order valence-electron chi connectivity index (χ2n) is 11.3. The molecule has 0 saturated carbocycles. The molecule has 3 aromatic carbocycles. The quantitative estimate of drug-likeness (QED) is 0.320. The molecule has 7 heteroatoms. The van der Waals surface area contributed by atoms with Gasteiger partial charge in [-0.25, -0.2) is 4.58 Å². The maximum Gasteiger partial charge on any atom is 0.294 e. The molecule has 8 rings (SSSR count). The van der Waals surface area contributed by atoms with Crippen LogP contribution < -0.4 is 24.8 Å². The van der Waals surface area contributed by atoms with Gasteiger partial charge in [0, 0.05) is 59.1 Å². The number of hydrogen-bond donors (Lipinski definition) is 1. The number of fused-ring (bicyclic) bond motifs is 4. The van der Waals surface area contributed by atoms with Gasteiger partial charge in [-0.1, -0.05) is 12.1 Å². The normalized spacial score (nSPS) is 19.2. The summed E-state index contributed by atoms with van der Waals surface area (Å²) < 4.78 is 42.8. The SMILES string of the molecule is O=S(=O)(O)c1ccc(C2=c3cc4c5c(c3Oc3c2cc2c6c3CCCN6CCC2)CCC[N+]=5CCC4)cc1. The second kappa shape index (κ2) is 8.17. The minimum atomic E-state index is -4.26. The zero-order valence-electron chi connectivity index (χ0n) is 21.4. The van der Waals surface area contributed by atoms with Gasteiger partial charge < -0.3 is 9.64 Å². The van der Waals surface area contributed by atoms with Crippen LogP contribution in [0.5, 0.6) is 11.5 Å². The first kappa shape index (κ1) is 22.8. The minimum absolute atomic E-state index is 0.0818. The molecule has 38 heavy (non-hydrogen) atoms. The maximum absolute atomic E-state index is 11.8. The lowest BCUT2D eigenvalue weighted by Gasteiger charge is -2.39. The van der Waals surface area contributed by atoms with Crippen molar-refractivity contribution in [2.45, 2.75) is 56.3 Å². The van der Waals surface area contributed by atoms with Crippen molar-refractivity contribution in [3.05, 3.63) is 80.4 Å². The van der Waals surface area contributed by atoms with Gasteiger partial charge >= 0.3 is 0 Å². The highest BCUT2D eigenvalue weighted by Crippen LogP contribution is 2.48.